The van der Waals surface area contributed by atoms with Crippen molar-refractivity contribution >= 4 is 5.91 Å². The number of aliphatic hydroxyl groups excluding tert-OH is 7. The summed E-state index contributed by atoms with van der Waals surface area (Å²) < 4.78 is 11.1. The number of carbonyl (C=O) groups excluding carboxylic acids is 1. The molecule has 0 aliphatic carbocycles. The highest BCUT2D eigenvalue weighted by atomic mass is 16.7. The molecule has 1 saturated heterocycles. The van der Waals surface area contributed by atoms with Gasteiger partial charge in [-0.15, -0.1) is 0 Å². The molecule has 11 nitrogen and oxygen atoms in total. The fraction of sp³-hybridized carbons (Fsp3) is 0.945. The van der Waals surface area contributed by atoms with Crippen LogP contribution in [0.25, 0.3) is 0 Å². The van der Waals surface area contributed by atoms with E-state index in [0.29, 0.717) is 19.3 Å². The summed E-state index contributed by atoms with van der Waals surface area (Å²) in [4.78, 5) is 13.2. The molecule has 0 radical (unpaired) electrons. The Morgan fingerprint density at radius 1 is 0.515 bits per heavy atom. The molecule has 1 aliphatic heterocycles. The van der Waals surface area contributed by atoms with Gasteiger partial charge in [0.1, 0.15) is 36.6 Å². The molecule has 1 heterocycles. The lowest BCUT2D eigenvalue weighted by atomic mass is 9.98. The molecule has 1 amide bonds. The number of unbranched alkanes of at least 4 members (excludes halogenated alkanes) is 34. The lowest BCUT2D eigenvalue weighted by Gasteiger charge is -2.40. The average molecular weight is 942 g/mol. The van der Waals surface area contributed by atoms with Crippen LogP contribution in [-0.4, -0.2) is 110 Å². The van der Waals surface area contributed by atoms with Crippen LogP contribution in [0.5, 0.6) is 0 Å². The van der Waals surface area contributed by atoms with Gasteiger partial charge in [0.15, 0.2) is 6.29 Å². The number of hydrogen-bond donors (Lipinski definition) is 8. The number of ether oxygens (including phenoxy) is 2. The molecule has 1 rings (SSSR count). The van der Waals surface area contributed by atoms with Crippen LogP contribution in [0.15, 0.2) is 12.2 Å². The lowest BCUT2D eigenvalue weighted by Crippen LogP contribution is -2.60. The van der Waals surface area contributed by atoms with Gasteiger partial charge in [0.2, 0.25) is 5.91 Å². The second-order valence-corrected chi connectivity index (χ2v) is 20.0. The molecular formula is C55H107NO10. The topological polar surface area (TPSA) is 189 Å². The molecule has 9 unspecified atom stereocenters. The predicted molar refractivity (Wildman–Crippen MR) is 270 cm³/mol. The summed E-state index contributed by atoms with van der Waals surface area (Å²) >= 11 is 0. The lowest BCUT2D eigenvalue weighted by molar-refractivity contribution is -0.303. The molecule has 66 heavy (non-hydrogen) atoms. The molecule has 8 N–H and O–H groups in total. The average Bonchev–Trinajstić information content (AvgIpc) is 3.32. The van der Waals surface area contributed by atoms with E-state index in [0.717, 1.165) is 38.5 Å². The fourth-order valence-electron chi connectivity index (χ4n) is 9.20. The van der Waals surface area contributed by atoms with Gasteiger partial charge < -0.3 is 50.5 Å². The van der Waals surface area contributed by atoms with Crippen molar-refractivity contribution in [2.45, 2.75) is 319 Å². The minimum Gasteiger partial charge on any atom is -0.394 e. The smallest absolute Gasteiger partial charge is 0.249 e. The van der Waals surface area contributed by atoms with Gasteiger partial charge in [-0.3, -0.25) is 4.79 Å². The zero-order chi connectivity index (χ0) is 48.3. The number of aliphatic hydroxyl groups is 7. The number of nitrogens with one attached hydrogen (secondary N) is 1. The van der Waals surface area contributed by atoms with Crippen LogP contribution in [0.4, 0.5) is 0 Å². The van der Waals surface area contributed by atoms with E-state index in [1.807, 2.05) is 0 Å². The first-order chi connectivity index (χ1) is 32.2. The van der Waals surface area contributed by atoms with Gasteiger partial charge >= 0.3 is 0 Å². The second kappa shape index (κ2) is 45.0. The maximum absolute atomic E-state index is 13.2. The number of hydrogen-bond acceptors (Lipinski definition) is 10. The first kappa shape index (κ1) is 62.9. The molecule has 0 aromatic carbocycles. The third kappa shape index (κ3) is 33.4. The third-order valence-corrected chi connectivity index (χ3v) is 13.8. The molecule has 392 valence electrons. The summed E-state index contributed by atoms with van der Waals surface area (Å²) in [5.41, 5.74) is 0. The van der Waals surface area contributed by atoms with Crippen molar-refractivity contribution in [2.75, 3.05) is 13.2 Å². The van der Waals surface area contributed by atoms with Gasteiger partial charge in [0.25, 0.3) is 0 Å². The van der Waals surface area contributed by atoms with Gasteiger partial charge in [-0.1, -0.05) is 238 Å². The summed E-state index contributed by atoms with van der Waals surface area (Å²) in [5, 5.41) is 76.0. The van der Waals surface area contributed by atoms with Crippen molar-refractivity contribution in [1.29, 1.82) is 0 Å². The van der Waals surface area contributed by atoms with E-state index in [4.69, 9.17) is 9.47 Å². The molecule has 0 bridgehead atoms. The number of amides is 1. The molecule has 0 saturated carbocycles. The first-order valence-electron chi connectivity index (χ1n) is 28.1. The van der Waals surface area contributed by atoms with Crippen molar-refractivity contribution < 1.29 is 50.0 Å². The molecule has 9 atom stereocenters. The Kier molecular flexibility index (Phi) is 42.9. The van der Waals surface area contributed by atoms with Gasteiger partial charge in [0.05, 0.1) is 25.4 Å². The standard InChI is InChI=1S/C55H107NO10/c1-3-5-7-9-11-13-15-17-19-20-21-22-23-24-25-26-27-28-29-31-33-35-37-39-41-43-48(59)54(64)56-46(45-65-55-53(63)52(62)51(61)49(44-57)66-55)50(60)47(58)42-40-38-36-34-32-30-18-16-14-12-10-8-6-4-2/h24-25,46-53,55,57-63H,3-23,26-45H2,1-2H3,(H,56,64)/b25-24-. The van der Waals surface area contributed by atoms with Gasteiger partial charge in [-0.2, -0.15) is 0 Å². The monoisotopic (exact) mass is 942 g/mol. The highest BCUT2D eigenvalue weighted by molar-refractivity contribution is 5.80. The Morgan fingerprint density at radius 3 is 1.27 bits per heavy atom. The van der Waals surface area contributed by atoms with E-state index in [2.05, 4.69) is 31.3 Å². The van der Waals surface area contributed by atoms with E-state index in [9.17, 15) is 40.5 Å². The number of rotatable bonds is 48. The SMILES string of the molecule is CCCCCCCCCCCCCC/C=C\CCCCCCCCCCCC(O)C(=O)NC(COC1OC(CO)C(O)C(O)C1O)C(O)C(O)CCCCCCCCCCCCCCCC. The van der Waals surface area contributed by atoms with Crippen molar-refractivity contribution in [3.8, 4) is 0 Å². The zero-order valence-electron chi connectivity index (χ0n) is 42.7. The van der Waals surface area contributed by atoms with Crippen LogP contribution >= 0.6 is 0 Å². The number of allylic oxidation sites excluding steroid dienone is 2. The second-order valence-electron chi connectivity index (χ2n) is 20.0. The van der Waals surface area contributed by atoms with Crippen molar-refractivity contribution in [3.63, 3.8) is 0 Å². The largest absolute Gasteiger partial charge is 0.394 e. The summed E-state index contributed by atoms with van der Waals surface area (Å²) in [5.74, 6) is -0.695. The van der Waals surface area contributed by atoms with Crippen molar-refractivity contribution in [3.05, 3.63) is 12.2 Å². The Bertz CT molecular complexity index is 1080. The molecule has 0 spiro atoms. The van der Waals surface area contributed by atoms with Crippen LogP contribution in [0.3, 0.4) is 0 Å². The van der Waals surface area contributed by atoms with Crippen molar-refractivity contribution in [1.82, 2.24) is 5.32 Å². The van der Waals surface area contributed by atoms with E-state index >= 15 is 0 Å². The van der Waals surface area contributed by atoms with Crippen LogP contribution in [0.1, 0.15) is 264 Å². The van der Waals surface area contributed by atoms with E-state index in [-0.39, 0.29) is 6.42 Å². The van der Waals surface area contributed by atoms with Crippen molar-refractivity contribution in [2.24, 2.45) is 0 Å². The molecule has 0 aromatic rings. The highest BCUT2D eigenvalue weighted by Crippen LogP contribution is 2.23. The molecule has 11 heteroatoms. The van der Waals surface area contributed by atoms with Crippen LogP contribution in [-0.2, 0) is 14.3 Å². The summed E-state index contributed by atoms with van der Waals surface area (Å²) in [6, 6.07) is -1.17. The maximum Gasteiger partial charge on any atom is 0.249 e. The Morgan fingerprint density at radius 2 is 0.879 bits per heavy atom. The number of carbonyl (C=O) groups is 1. The normalized spacial score (nSPS) is 20.8. The van der Waals surface area contributed by atoms with Crippen LogP contribution in [0.2, 0.25) is 0 Å². The van der Waals surface area contributed by atoms with Gasteiger partial charge in [-0.25, -0.2) is 0 Å². The molecule has 1 aliphatic rings. The van der Waals surface area contributed by atoms with E-state index in [1.165, 1.54) is 186 Å². The molecular weight excluding hydrogens is 835 g/mol. The minimum atomic E-state index is -1.66. The molecule has 0 aromatic heterocycles. The minimum absolute atomic E-state index is 0.261. The van der Waals surface area contributed by atoms with Crippen LogP contribution in [0, 0.1) is 0 Å². The van der Waals surface area contributed by atoms with E-state index in [1.54, 1.807) is 0 Å². The Hall–Kier alpha value is -1.15. The quantitative estimate of drug-likeness (QED) is 0.0215. The first-order valence-corrected chi connectivity index (χ1v) is 28.1. The van der Waals surface area contributed by atoms with Gasteiger partial charge in [-0.05, 0) is 38.5 Å². The summed E-state index contributed by atoms with van der Waals surface area (Å²) in [6.45, 7) is 3.47. The van der Waals surface area contributed by atoms with Gasteiger partial charge in [0, 0.05) is 0 Å². The Labute approximate surface area is 404 Å². The predicted octanol–water partition coefficient (Wildman–Crippen LogP) is 11.2. The zero-order valence-corrected chi connectivity index (χ0v) is 42.7. The third-order valence-electron chi connectivity index (χ3n) is 13.8. The fourth-order valence-corrected chi connectivity index (χ4v) is 9.20. The Balaban J connectivity index is 2.29. The summed E-state index contributed by atoms with van der Waals surface area (Å²) in [6.07, 6.45) is 39.8. The van der Waals surface area contributed by atoms with Crippen LogP contribution < -0.4 is 5.32 Å². The highest BCUT2D eigenvalue weighted by Gasteiger charge is 2.44. The summed E-state index contributed by atoms with van der Waals surface area (Å²) in [7, 11) is 0. The molecule has 1 fully saturated rings. The van der Waals surface area contributed by atoms with E-state index < -0.39 is 74.2 Å². The maximum atomic E-state index is 13.2.